The number of carbonyl (C=O) groups excluding carboxylic acids is 3. The average Bonchev–Trinajstić information content (AvgIpc) is 2.76. The van der Waals surface area contributed by atoms with Crippen molar-refractivity contribution < 1.29 is 14.4 Å². The number of anilines is 1. The predicted octanol–water partition coefficient (Wildman–Crippen LogP) is 3.49. The molecule has 2 rings (SSSR count). The highest BCUT2D eigenvalue weighted by Gasteiger charge is 2.42. The fourth-order valence-electron chi connectivity index (χ4n) is 1.46. The lowest BCUT2D eigenvalue weighted by molar-refractivity contribution is -0.123. The van der Waals surface area contributed by atoms with Crippen LogP contribution in [0, 0.1) is 0 Å². The zero-order chi connectivity index (χ0) is 15.1. The van der Waals surface area contributed by atoms with E-state index in [-0.39, 0.29) is 0 Å². The number of nitrogens with one attached hydrogen (secondary N) is 1. The number of rotatable bonds is 2. The average molecular weight is 292 g/mol. The van der Waals surface area contributed by atoms with E-state index in [1.807, 2.05) is 13.8 Å². The number of thioether (sulfide) groups is 1. The van der Waals surface area contributed by atoms with Crippen LogP contribution in [0.25, 0.3) is 0 Å². The van der Waals surface area contributed by atoms with Crippen LogP contribution in [0.15, 0.2) is 43.0 Å². The SMILES string of the molecule is C=CC1SC(=O)N(C(=O)Nc2ccccc2)C1=O.CC. The molecule has 0 aromatic heterocycles. The summed E-state index contributed by atoms with van der Waals surface area (Å²) in [4.78, 5) is 35.7. The van der Waals surface area contributed by atoms with Crippen molar-refractivity contribution in [3.8, 4) is 0 Å². The third-order valence-electron chi connectivity index (χ3n) is 2.32. The van der Waals surface area contributed by atoms with Gasteiger partial charge < -0.3 is 5.32 Å². The first kappa shape index (κ1) is 16.0. The number of urea groups is 1. The molecule has 0 radical (unpaired) electrons. The molecule has 1 aliphatic heterocycles. The fourth-order valence-corrected chi connectivity index (χ4v) is 2.26. The van der Waals surface area contributed by atoms with E-state index in [0.29, 0.717) is 10.6 Å². The minimum absolute atomic E-state index is 0.523. The molecule has 1 saturated heterocycles. The smallest absolute Gasteiger partial charge is 0.307 e. The van der Waals surface area contributed by atoms with Crippen LogP contribution in [-0.2, 0) is 4.79 Å². The van der Waals surface area contributed by atoms with Gasteiger partial charge in [-0.3, -0.25) is 9.59 Å². The molecule has 1 aromatic carbocycles. The second kappa shape index (κ2) is 7.49. The van der Waals surface area contributed by atoms with Gasteiger partial charge in [-0.15, -0.1) is 6.58 Å². The highest BCUT2D eigenvalue weighted by molar-refractivity contribution is 8.15. The van der Waals surface area contributed by atoms with Crippen molar-refractivity contribution in [2.45, 2.75) is 19.1 Å². The van der Waals surface area contributed by atoms with Gasteiger partial charge in [0.1, 0.15) is 5.25 Å². The number of nitrogens with zero attached hydrogens (tertiary/aromatic N) is 1. The maximum absolute atomic E-state index is 11.8. The van der Waals surface area contributed by atoms with Crippen LogP contribution in [0.4, 0.5) is 15.3 Å². The Morgan fingerprint density at radius 2 is 1.90 bits per heavy atom. The van der Waals surface area contributed by atoms with Gasteiger partial charge >= 0.3 is 6.03 Å². The van der Waals surface area contributed by atoms with Crippen LogP contribution in [0.5, 0.6) is 0 Å². The summed E-state index contributed by atoms with van der Waals surface area (Å²) < 4.78 is 0. The molecule has 20 heavy (non-hydrogen) atoms. The third-order valence-corrected chi connectivity index (χ3v) is 3.35. The first-order valence-corrected chi connectivity index (χ1v) is 7.04. The number of imide groups is 3. The van der Waals surface area contributed by atoms with Gasteiger partial charge in [0.05, 0.1) is 0 Å². The minimum Gasteiger partial charge on any atom is -0.307 e. The summed E-state index contributed by atoms with van der Waals surface area (Å²) in [6.07, 6.45) is 1.35. The van der Waals surface area contributed by atoms with Crippen molar-refractivity contribution >= 4 is 34.6 Å². The van der Waals surface area contributed by atoms with Crippen molar-refractivity contribution in [3.63, 3.8) is 0 Å². The Balaban J connectivity index is 0.000000956. The molecule has 1 unspecified atom stereocenters. The first-order chi connectivity index (χ1) is 9.63. The lowest BCUT2D eigenvalue weighted by atomic mass is 10.3. The van der Waals surface area contributed by atoms with Gasteiger partial charge in [0.25, 0.3) is 11.1 Å². The summed E-state index contributed by atoms with van der Waals surface area (Å²) in [7, 11) is 0. The molecule has 1 atom stereocenters. The van der Waals surface area contributed by atoms with Crippen LogP contribution >= 0.6 is 11.8 Å². The second-order valence-electron chi connectivity index (χ2n) is 3.51. The quantitative estimate of drug-likeness (QED) is 0.847. The summed E-state index contributed by atoms with van der Waals surface area (Å²) in [5, 5.41) is 1.22. The molecule has 5 nitrogen and oxygen atoms in total. The molecule has 6 heteroatoms. The van der Waals surface area contributed by atoms with Gasteiger partial charge in [0, 0.05) is 5.69 Å². The van der Waals surface area contributed by atoms with E-state index in [0.717, 1.165) is 11.8 Å². The van der Waals surface area contributed by atoms with E-state index in [1.54, 1.807) is 30.3 Å². The number of carbonyl (C=O) groups is 3. The van der Waals surface area contributed by atoms with Crippen LogP contribution < -0.4 is 5.32 Å². The molecular formula is C14H16N2O3S. The summed E-state index contributed by atoms with van der Waals surface area (Å²) in [6.45, 7) is 7.45. The highest BCUT2D eigenvalue weighted by Crippen LogP contribution is 2.28. The van der Waals surface area contributed by atoms with E-state index in [2.05, 4.69) is 11.9 Å². The fraction of sp³-hybridized carbons (Fsp3) is 0.214. The lowest BCUT2D eigenvalue weighted by Crippen LogP contribution is -2.39. The molecule has 1 aliphatic rings. The highest BCUT2D eigenvalue weighted by atomic mass is 32.2. The molecule has 0 bridgehead atoms. The van der Waals surface area contributed by atoms with Gasteiger partial charge in [0.15, 0.2) is 0 Å². The van der Waals surface area contributed by atoms with Gasteiger partial charge in [-0.2, -0.15) is 4.90 Å². The molecule has 0 saturated carbocycles. The Hall–Kier alpha value is -2.08. The molecule has 4 amide bonds. The molecular weight excluding hydrogens is 276 g/mol. The number of hydrogen-bond donors (Lipinski definition) is 1. The maximum atomic E-state index is 11.8. The van der Waals surface area contributed by atoms with Crippen LogP contribution in [-0.4, -0.2) is 27.3 Å². The summed E-state index contributed by atoms with van der Waals surface area (Å²) in [6, 6.07) is 7.87. The Morgan fingerprint density at radius 1 is 1.30 bits per heavy atom. The summed E-state index contributed by atoms with van der Waals surface area (Å²) >= 11 is 0.779. The monoisotopic (exact) mass is 292 g/mol. The normalized spacial score (nSPS) is 17.3. The summed E-state index contributed by atoms with van der Waals surface area (Å²) in [5.41, 5.74) is 0.523. The van der Waals surface area contributed by atoms with Crippen molar-refractivity contribution in [1.82, 2.24) is 4.90 Å². The molecule has 0 aliphatic carbocycles. The predicted molar refractivity (Wildman–Crippen MR) is 80.6 cm³/mol. The number of para-hydroxylation sites is 1. The maximum Gasteiger partial charge on any atom is 0.336 e. The van der Waals surface area contributed by atoms with Crippen molar-refractivity contribution in [3.05, 3.63) is 43.0 Å². The third kappa shape index (κ3) is 3.48. The Labute approximate surface area is 122 Å². The van der Waals surface area contributed by atoms with Crippen molar-refractivity contribution in [1.29, 1.82) is 0 Å². The Morgan fingerprint density at radius 3 is 2.40 bits per heavy atom. The zero-order valence-corrected chi connectivity index (χ0v) is 12.1. The van der Waals surface area contributed by atoms with E-state index in [4.69, 9.17) is 0 Å². The van der Waals surface area contributed by atoms with Crippen LogP contribution in [0.2, 0.25) is 0 Å². The topological polar surface area (TPSA) is 66.5 Å². The van der Waals surface area contributed by atoms with Gasteiger partial charge in [-0.25, -0.2) is 4.79 Å². The lowest BCUT2D eigenvalue weighted by Gasteiger charge is -2.12. The van der Waals surface area contributed by atoms with Crippen molar-refractivity contribution in [2.24, 2.45) is 0 Å². The largest absolute Gasteiger partial charge is 0.336 e. The standard InChI is InChI=1S/C12H10N2O3S.C2H6/c1-2-9-10(15)14(12(17)18-9)11(16)13-8-6-4-3-5-7-8;1-2/h2-7,9H,1H2,(H,13,16);1-2H3. The van der Waals surface area contributed by atoms with Crippen LogP contribution in [0.3, 0.4) is 0 Å². The zero-order valence-electron chi connectivity index (χ0n) is 11.3. The van der Waals surface area contributed by atoms with E-state index in [1.165, 1.54) is 6.08 Å². The minimum atomic E-state index is -0.743. The molecule has 1 aromatic rings. The molecule has 1 fully saturated rings. The summed E-state index contributed by atoms with van der Waals surface area (Å²) in [5.74, 6) is -0.562. The molecule has 106 valence electrons. The Bertz CT molecular complexity index is 516. The van der Waals surface area contributed by atoms with Gasteiger partial charge in [0.2, 0.25) is 0 Å². The van der Waals surface area contributed by atoms with Gasteiger partial charge in [-0.1, -0.05) is 38.1 Å². The Kier molecular flexibility index (Phi) is 5.99. The molecule has 0 spiro atoms. The van der Waals surface area contributed by atoms with Crippen molar-refractivity contribution in [2.75, 3.05) is 5.32 Å². The molecule has 1 N–H and O–H groups in total. The first-order valence-electron chi connectivity index (χ1n) is 6.16. The van der Waals surface area contributed by atoms with Gasteiger partial charge in [-0.05, 0) is 23.9 Å². The number of hydrogen-bond acceptors (Lipinski definition) is 4. The molecule has 1 heterocycles. The van der Waals surface area contributed by atoms with E-state index < -0.39 is 22.4 Å². The van der Waals surface area contributed by atoms with E-state index in [9.17, 15) is 14.4 Å². The van der Waals surface area contributed by atoms with E-state index >= 15 is 0 Å². The van der Waals surface area contributed by atoms with Crippen LogP contribution in [0.1, 0.15) is 13.8 Å². The number of amides is 4. The number of benzene rings is 1. The second-order valence-corrected chi connectivity index (χ2v) is 4.60.